The molecule has 0 amide bonds. The van der Waals surface area contributed by atoms with Gasteiger partial charge in [-0.2, -0.15) is 10.1 Å². The van der Waals surface area contributed by atoms with E-state index in [-0.39, 0.29) is 5.41 Å². The molecule has 2 aromatic carbocycles. The third kappa shape index (κ3) is 4.68. The number of benzene rings is 2. The van der Waals surface area contributed by atoms with Crippen LogP contribution in [-0.4, -0.2) is 29.4 Å². The normalized spacial score (nSPS) is 11.0. The standard InChI is InChI=1S/C21H25N5O2/c1-21(2,3)14-6-8-15(9-7-14)23-19-13-22-26-20(25-19)24-16-10-11-17(27-4)18(12-16)28-5/h6-13H,1-5H3,(H2,23,24,25,26). The molecule has 0 fully saturated rings. The second-order valence-electron chi connectivity index (χ2n) is 7.31. The van der Waals surface area contributed by atoms with Crippen LogP contribution >= 0.6 is 0 Å². The zero-order chi connectivity index (χ0) is 20.1. The van der Waals surface area contributed by atoms with Gasteiger partial charge in [0.15, 0.2) is 17.3 Å². The maximum atomic E-state index is 5.32. The van der Waals surface area contributed by atoms with E-state index in [1.807, 2.05) is 30.3 Å². The van der Waals surface area contributed by atoms with Crippen molar-refractivity contribution in [3.05, 3.63) is 54.2 Å². The minimum absolute atomic E-state index is 0.117. The van der Waals surface area contributed by atoms with Gasteiger partial charge in [0.25, 0.3) is 0 Å². The highest BCUT2D eigenvalue weighted by Gasteiger charge is 2.13. The Bertz CT molecular complexity index is 936. The minimum atomic E-state index is 0.117. The Kier molecular flexibility index (Phi) is 5.63. The second kappa shape index (κ2) is 8.12. The van der Waals surface area contributed by atoms with E-state index < -0.39 is 0 Å². The molecule has 146 valence electrons. The van der Waals surface area contributed by atoms with Gasteiger partial charge in [0.2, 0.25) is 5.95 Å². The zero-order valence-corrected chi connectivity index (χ0v) is 16.8. The Morgan fingerprint density at radius 2 is 1.50 bits per heavy atom. The molecule has 0 radical (unpaired) electrons. The molecule has 7 nitrogen and oxygen atoms in total. The molecule has 0 aliphatic rings. The average molecular weight is 379 g/mol. The molecule has 0 saturated carbocycles. The van der Waals surface area contributed by atoms with Crippen molar-refractivity contribution in [1.82, 2.24) is 15.2 Å². The summed E-state index contributed by atoms with van der Waals surface area (Å²) < 4.78 is 10.6. The first-order valence-electron chi connectivity index (χ1n) is 8.95. The summed E-state index contributed by atoms with van der Waals surface area (Å²) >= 11 is 0. The molecule has 0 aliphatic heterocycles. The molecular formula is C21H25N5O2. The molecule has 0 unspecified atom stereocenters. The highest BCUT2D eigenvalue weighted by Crippen LogP contribution is 2.30. The van der Waals surface area contributed by atoms with Gasteiger partial charge in [-0.05, 0) is 35.2 Å². The van der Waals surface area contributed by atoms with E-state index in [4.69, 9.17) is 9.47 Å². The van der Waals surface area contributed by atoms with Crippen LogP contribution in [0.4, 0.5) is 23.1 Å². The Balaban J connectivity index is 1.74. The molecule has 3 rings (SSSR count). The van der Waals surface area contributed by atoms with Gasteiger partial charge in [0.1, 0.15) is 0 Å². The van der Waals surface area contributed by atoms with Gasteiger partial charge in [-0.3, -0.25) is 0 Å². The van der Waals surface area contributed by atoms with E-state index >= 15 is 0 Å². The van der Waals surface area contributed by atoms with Crippen LogP contribution < -0.4 is 20.1 Å². The van der Waals surface area contributed by atoms with Crippen molar-refractivity contribution in [3.8, 4) is 11.5 Å². The van der Waals surface area contributed by atoms with Crippen LogP contribution in [0.2, 0.25) is 0 Å². The molecule has 3 aromatic rings. The lowest BCUT2D eigenvalue weighted by molar-refractivity contribution is 0.355. The lowest BCUT2D eigenvalue weighted by atomic mass is 9.87. The van der Waals surface area contributed by atoms with E-state index in [1.54, 1.807) is 20.4 Å². The molecule has 28 heavy (non-hydrogen) atoms. The fourth-order valence-electron chi connectivity index (χ4n) is 2.66. The number of rotatable bonds is 6. The summed E-state index contributed by atoms with van der Waals surface area (Å²) in [6.45, 7) is 6.57. The number of hydrogen-bond donors (Lipinski definition) is 2. The zero-order valence-electron chi connectivity index (χ0n) is 16.8. The Labute approximate surface area is 165 Å². The molecule has 0 bridgehead atoms. The number of nitrogens with zero attached hydrogens (tertiary/aromatic N) is 3. The summed E-state index contributed by atoms with van der Waals surface area (Å²) in [5.74, 6) is 2.25. The molecule has 0 spiro atoms. The predicted octanol–water partition coefficient (Wildman–Crippen LogP) is 4.67. The third-order valence-electron chi connectivity index (χ3n) is 4.22. The highest BCUT2D eigenvalue weighted by atomic mass is 16.5. The van der Waals surface area contributed by atoms with Crippen LogP contribution in [-0.2, 0) is 5.41 Å². The van der Waals surface area contributed by atoms with E-state index in [0.717, 1.165) is 11.4 Å². The van der Waals surface area contributed by atoms with E-state index in [1.165, 1.54) is 5.56 Å². The number of aromatic nitrogens is 3. The first kappa shape index (κ1) is 19.4. The molecular weight excluding hydrogens is 354 g/mol. The SMILES string of the molecule is COc1ccc(Nc2nncc(Nc3ccc(C(C)(C)C)cc3)n2)cc1OC. The van der Waals surface area contributed by atoms with Crippen LogP contribution in [0.25, 0.3) is 0 Å². The number of hydrogen-bond acceptors (Lipinski definition) is 7. The molecule has 1 heterocycles. The lowest BCUT2D eigenvalue weighted by Crippen LogP contribution is -2.10. The van der Waals surface area contributed by atoms with Crippen molar-refractivity contribution >= 4 is 23.1 Å². The number of nitrogens with one attached hydrogen (secondary N) is 2. The van der Waals surface area contributed by atoms with Gasteiger partial charge in [0, 0.05) is 17.4 Å². The van der Waals surface area contributed by atoms with Crippen molar-refractivity contribution in [2.24, 2.45) is 0 Å². The minimum Gasteiger partial charge on any atom is -0.493 e. The van der Waals surface area contributed by atoms with Gasteiger partial charge in [-0.25, -0.2) is 0 Å². The highest BCUT2D eigenvalue weighted by molar-refractivity contribution is 5.61. The monoisotopic (exact) mass is 379 g/mol. The maximum absolute atomic E-state index is 5.32. The van der Waals surface area contributed by atoms with Crippen LogP contribution in [0.1, 0.15) is 26.3 Å². The Morgan fingerprint density at radius 3 is 2.14 bits per heavy atom. The van der Waals surface area contributed by atoms with E-state index in [9.17, 15) is 0 Å². The molecule has 0 saturated heterocycles. The van der Waals surface area contributed by atoms with E-state index in [2.05, 4.69) is 58.7 Å². The number of anilines is 4. The van der Waals surface area contributed by atoms with Gasteiger partial charge >= 0.3 is 0 Å². The molecule has 1 aromatic heterocycles. The summed E-state index contributed by atoms with van der Waals surface area (Å²) in [5.41, 5.74) is 3.09. The maximum Gasteiger partial charge on any atom is 0.249 e. The van der Waals surface area contributed by atoms with Gasteiger partial charge in [0.05, 0.1) is 20.4 Å². The van der Waals surface area contributed by atoms with Gasteiger partial charge in [-0.15, -0.1) is 5.10 Å². The fourth-order valence-corrected chi connectivity index (χ4v) is 2.66. The summed E-state index contributed by atoms with van der Waals surface area (Å²) in [6.07, 6.45) is 1.58. The first-order chi connectivity index (χ1) is 13.4. The first-order valence-corrected chi connectivity index (χ1v) is 8.95. The Hall–Kier alpha value is -3.35. The third-order valence-corrected chi connectivity index (χ3v) is 4.22. The van der Waals surface area contributed by atoms with Crippen LogP contribution in [0.15, 0.2) is 48.7 Å². The molecule has 2 N–H and O–H groups in total. The van der Waals surface area contributed by atoms with Crippen molar-refractivity contribution < 1.29 is 9.47 Å². The second-order valence-corrected chi connectivity index (χ2v) is 7.31. The van der Waals surface area contributed by atoms with Gasteiger partial charge in [-0.1, -0.05) is 32.9 Å². The quantitative estimate of drug-likeness (QED) is 0.644. The molecule has 0 atom stereocenters. The largest absolute Gasteiger partial charge is 0.493 e. The van der Waals surface area contributed by atoms with Crippen LogP contribution in [0.3, 0.4) is 0 Å². The average Bonchev–Trinajstić information content (AvgIpc) is 2.68. The predicted molar refractivity (Wildman–Crippen MR) is 111 cm³/mol. The Morgan fingerprint density at radius 1 is 0.821 bits per heavy atom. The molecule has 0 aliphatic carbocycles. The van der Waals surface area contributed by atoms with Crippen molar-refractivity contribution in [1.29, 1.82) is 0 Å². The number of methoxy groups -OCH3 is 2. The fraction of sp³-hybridized carbons (Fsp3) is 0.286. The smallest absolute Gasteiger partial charge is 0.249 e. The van der Waals surface area contributed by atoms with Crippen LogP contribution in [0, 0.1) is 0 Å². The summed E-state index contributed by atoms with van der Waals surface area (Å²) in [4.78, 5) is 4.46. The lowest BCUT2D eigenvalue weighted by Gasteiger charge is -2.19. The van der Waals surface area contributed by atoms with Crippen molar-refractivity contribution in [2.75, 3.05) is 24.9 Å². The van der Waals surface area contributed by atoms with Crippen molar-refractivity contribution in [2.45, 2.75) is 26.2 Å². The summed E-state index contributed by atoms with van der Waals surface area (Å²) in [7, 11) is 3.19. The van der Waals surface area contributed by atoms with E-state index in [0.29, 0.717) is 23.3 Å². The summed E-state index contributed by atoms with van der Waals surface area (Å²) in [6, 6.07) is 13.8. The topological polar surface area (TPSA) is 81.2 Å². The van der Waals surface area contributed by atoms with Crippen molar-refractivity contribution in [3.63, 3.8) is 0 Å². The van der Waals surface area contributed by atoms with Crippen LogP contribution in [0.5, 0.6) is 11.5 Å². The molecule has 7 heteroatoms. The number of ether oxygens (including phenoxy) is 2. The summed E-state index contributed by atoms with van der Waals surface area (Å²) in [5, 5.41) is 14.4. The van der Waals surface area contributed by atoms with Gasteiger partial charge < -0.3 is 20.1 Å².